The Morgan fingerprint density at radius 2 is 2.00 bits per heavy atom. The van der Waals surface area contributed by atoms with Gasteiger partial charge in [0, 0.05) is 37.6 Å². The number of benzene rings is 2. The maximum atomic E-state index is 12.9. The third kappa shape index (κ3) is 6.45. The monoisotopic (exact) mass is 652 g/mol. The molecule has 1 aliphatic heterocycles. The Labute approximate surface area is 238 Å². The molecule has 2 aliphatic rings. The normalized spacial score (nSPS) is 19.6. The summed E-state index contributed by atoms with van der Waals surface area (Å²) in [5.74, 6) is 0.973. The molecule has 0 aromatic heterocycles. The minimum Gasteiger partial charge on any atom is -0.493 e. The fraction of sp³-hybridized carbons (Fsp3) is 0.370. The van der Waals surface area contributed by atoms with Crippen LogP contribution in [0.25, 0.3) is 0 Å². The average Bonchev–Trinajstić information content (AvgIpc) is 3.40. The fourth-order valence-electron chi connectivity index (χ4n) is 4.54. The number of fused-ring (bicyclic) bond motifs is 1. The third-order valence-corrected chi connectivity index (χ3v) is 7.25. The number of halogens is 1. The number of nitrogens with one attached hydrogen (secondary N) is 1. The second-order valence-corrected chi connectivity index (χ2v) is 10.2. The first-order valence-corrected chi connectivity index (χ1v) is 13.3. The average molecular weight is 652 g/mol. The third-order valence-electron chi connectivity index (χ3n) is 6.45. The van der Waals surface area contributed by atoms with Crippen LogP contribution in [0.1, 0.15) is 29.3 Å². The lowest BCUT2D eigenvalue weighted by molar-refractivity contribution is -0.137. The Kier molecular flexibility index (Phi) is 9.30. The van der Waals surface area contributed by atoms with Crippen LogP contribution in [0.3, 0.4) is 0 Å². The Balaban J connectivity index is 1.68. The molecule has 0 radical (unpaired) electrons. The smallest absolute Gasteiger partial charge is 0.247 e. The van der Waals surface area contributed by atoms with Crippen LogP contribution in [-0.2, 0) is 16.1 Å². The number of carbonyl (C=O) groups is 3. The van der Waals surface area contributed by atoms with E-state index >= 15 is 0 Å². The summed E-state index contributed by atoms with van der Waals surface area (Å²) in [7, 11) is 1.43. The van der Waals surface area contributed by atoms with Gasteiger partial charge in [0.1, 0.15) is 18.5 Å². The highest BCUT2D eigenvalue weighted by molar-refractivity contribution is 14.1. The molecule has 0 saturated carbocycles. The molecule has 4 rings (SSSR count). The van der Waals surface area contributed by atoms with Gasteiger partial charge in [-0.3, -0.25) is 14.4 Å². The molecule has 1 aliphatic carbocycles. The van der Waals surface area contributed by atoms with Gasteiger partial charge in [0.15, 0.2) is 23.0 Å². The highest BCUT2D eigenvalue weighted by atomic mass is 127. The summed E-state index contributed by atoms with van der Waals surface area (Å²) in [4.78, 5) is 38.6. The summed E-state index contributed by atoms with van der Waals surface area (Å²) in [5, 5.41) is 23.3. The number of methoxy groups -OCH3 is 1. The molecule has 12 heteroatoms. The maximum absolute atomic E-state index is 12.9. The van der Waals surface area contributed by atoms with Gasteiger partial charge in [-0.2, -0.15) is 0 Å². The quantitative estimate of drug-likeness (QED) is 0.259. The zero-order valence-corrected chi connectivity index (χ0v) is 23.5. The van der Waals surface area contributed by atoms with E-state index in [1.807, 2.05) is 22.6 Å². The topological polar surface area (TPSA) is 144 Å². The minimum absolute atomic E-state index is 0.0431. The molecule has 208 valence electrons. The number of nitrogens with zero attached hydrogens (tertiary/aromatic N) is 1. The predicted octanol–water partition coefficient (Wildman–Crippen LogP) is 1.81. The molecule has 0 bridgehead atoms. The molecule has 0 saturated heterocycles. The molecule has 2 amide bonds. The van der Waals surface area contributed by atoms with Crippen molar-refractivity contribution < 1.29 is 43.5 Å². The van der Waals surface area contributed by atoms with E-state index in [1.54, 1.807) is 24.3 Å². The molecular formula is C27H29IN2O9. The molecule has 3 atom stereocenters. The number of hydrogen-bond acceptors (Lipinski definition) is 9. The van der Waals surface area contributed by atoms with Crippen molar-refractivity contribution in [3.8, 4) is 23.0 Å². The number of aldehydes is 1. The summed E-state index contributed by atoms with van der Waals surface area (Å²) in [6, 6.07) is 7.63. The van der Waals surface area contributed by atoms with Gasteiger partial charge >= 0.3 is 0 Å². The van der Waals surface area contributed by atoms with Crippen LogP contribution in [0.15, 0.2) is 42.0 Å². The first-order chi connectivity index (χ1) is 18.7. The lowest BCUT2D eigenvalue weighted by Crippen LogP contribution is -2.54. The number of amides is 2. The van der Waals surface area contributed by atoms with E-state index < -0.39 is 24.2 Å². The Morgan fingerprint density at radius 1 is 1.23 bits per heavy atom. The van der Waals surface area contributed by atoms with Crippen molar-refractivity contribution in [2.24, 2.45) is 0 Å². The number of aliphatic hydroxyl groups is 2. The second-order valence-electron chi connectivity index (χ2n) is 9.00. The molecule has 1 heterocycles. The summed E-state index contributed by atoms with van der Waals surface area (Å²) in [6.07, 6.45) is -0.00804. The van der Waals surface area contributed by atoms with Crippen LogP contribution < -0.4 is 24.3 Å². The Bertz CT molecular complexity index is 1280. The van der Waals surface area contributed by atoms with Crippen LogP contribution in [-0.4, -0.2) is 78.5 Å². The highest BCUT2D eigenvalue weighted by Crippen LogP contribution is 2.37. The van der Waals surface area contributed by atoms with Crippen molar-refractivity contribution in [3.63, 3.8) is 0 Å². The van der Waals surface area contributed by atoms with E-state index in [4.69, 9.17) is 24.1 Å². The van der Waals surface area contributed by atoms with Gasteiger partial charge in [0.25, 0.3) is 0 Å². The molecule has 11 nitrogen and oxygen atoms in total. The van der Waals surface area contributed by atoms with E-state index in [2.05, 4.69) is 5.32 Å². The molecule has 0 unspecified atom stereocenters. The van der Waals surface area contributed by atoms with Gasteiger partial charge in [-0.15, -0.1) is 0 Å². The van der Waals surface area contributed by atoms with E-state index in [1.165, 1.54) is 31.1 Å². The first-order valence-electron chi connectivity index (χ1n) is 12.2. The van der Waals surface area contributed by atoms with E-state index in [0.717, 1.165) is 5.56 Å². The van der Waals surface area contributed by atoms with Crippen molar-refractivity contribution in [2.45, 2.75) is 38.1 Å². The molecule has 2 aromatic rings. The van der Waals surface area contributed by atoms with Crippen LogP contribution >= 0.6 is 22.6 Å². The SMILES string of the molecule is COc1cc(C=O)cc(I)c1O[C@H]1C=C(C(=O)NCCO)C[C@@H](N(Cc2ccc3c(c2)OCO3)C(C)=O)[C@@H]1O. The van der Waals surface area contributed by atoms with E-state index in [0.29, 0.717) is 32.5 Å². The van der Waals surface area contributed by atoms with Crippen molar-refractivity contribution in [1.29, 1.82) is 0 Å². The zero-order chi connectivity index (χ0) is 28.1. The van der Waals surface area contributed by atoms with Crippen LogP contribution in [0.5, 0.6) is 23.0 Å². The van der Waals surface area contributed by atoms with Crippen molar-refractivity contribution in [1.82, 2.24) is 10.2 Å². The largest absolute Gasteiger partial charge is 0.493 e. The summed E-state index contributed by atoms with van der Waals surface area (Å²) < 4.78 is 23.0. The van der Waals surface area contributed by atoms with Crippen LogP contribution in [0.4, 0.5) is 0 Å². The summed E-state index contributed by atoms with van der Waals surface area (Å²) in [5.41, 5.74) is 1.43. The van der Waals surface area contributed by atoms with Crippen LogP contribution in [0, 0.1) is 3.57 Å². The van der Waals surface area contributed by atoms with Crippen molar-refractivity contribution >= 4 is 40.7 Å². The summed E-state index contributed by atoms with van der Waals surface area (Å²) in [6.45, 7) is 1.45. The van der Waals surface area contributed by atoms with E-state index in [9.17, 15) is 19.5 Å². The number of ether oxygens (including phenoxy) is 4. The highest BCUT2D eigenvalue weighted by Gasteiger charge is 2.40. The molecule has 0 fully saturated rings. The van der Waals surface area contributed by atoms with Gasteiger partial charge in [-0.1, -0.05) is 6.07 Å². The zero-order valence-electron chi connectivity index (χ0n) is 21.4. The number of carbonyl (C=O) groups excluding carboxylic acids is 3. The molecule has 3 N–H and O–H groups in total. The predicted molar refractivity (Wildman–Crippen MR) is 147 cm³/mol. The van der Waals surface area contributed by atoms with Crippen LogP contribution in [0.2, 0.25) is 0 Å². The molecular weight excluding hydrogens is 623 g/mol. The van der Waals surface area contributed by atoms with Gasteiger partial charge in [0.05, 0.1) is 23.3 Å². The maximum Gasteiger partial charge on any atom is 0.247 e. The molecule has 2 aromatic carbocycles. The fourth-order valence-corrected chi connectivity index (χ4v) is 5.29. The standard InChI is InChI=1S/C27H29IN2O9/c1-15(33)30(12-16-3-4-21-22(8-16)38-14-37-21)20-10-18(27(35)29-5-6-31)11-23(25(20)34)39-26-19(28)7-17(13-32)9-24(26)36-2/h3-4,7-9,11,13,20,23,25,31,34H,5-6,10,12,14H2,1-2H3,(H,29,35)/t20-,23+,25+/m1/s1. The minimum atomic E-state index is -1.22. The first kappa shape index (κ1) is 28.6. The number of aliphatic hydroxyl groups excluding tert-OH is 2. The van der Waals surface area contributed by atoms with Gasteiger partial charge in [0.2, 0.25) is 18.6 Å². The Hall–Kier alpha value is -3.36. The van der Waals surface area contributed by atoms with E-state index in [-0.39, 0.29) is 50.3 Å². The van der Waals surface area contributed by atoms with Crippen molar-refractivity contribution in [3.05, 3.63) is 56.7 Å². The number of hydrogen-bond donors (Lipinski definition) is 3. The molecule has 39 heavy (non-hydrogen) atoms. The van der Waals surface area contributed by atoms with Crippen molar-refractivity contribution in [2.75, 3.05) is 27.1 Å². The molecule has 0 spiro atoms. The Morgan fingerprint density at radius 3 is 2.69 bits per heavy atom. The number of rotatable bonds is 10. The summed E-state index contributed by atoms with van der Waals surface area (Å²) >= 11 is 2.00. The lowest BCUT2D eigenvalue weighted by Gasteiger charge is -2.40. The van der Waals surface area contributed by atoms with Gasteiger partial charge in [-0.25, -0.2) is 0 Å². The van der Waals surface area contributed by atoms with Gasteiger partial charge in [-0.05, 0) is 58.5 Å². The van der Waals surface area contributed by atoms with Gasteiger partial charge < -0.3 is 39.4 Å². The lowest BCUT2D eigenvalue weighted by atomic mass is 9.88. The second kappa shape index (κ2) is 12.7.